The van der Waals surface area contributed by atoms with Gasteiger partial charge >= 0.3 is 0 Å². The van der Waals surface area contributed by atoms with Gasteiger partial charge in [0.15, 0.2) is 9.84 Å². The van der Waals surface area contributed by atoms with Crippen molar-refractivity contribution in [2.45, 2.75) is 17.0 Å². The Kier molecular flexibility index (Phi) is 6.38. The molecule has 1 aromatic heterocycles. The van der Waals surface area contributed by atoms with Crippen molar-refractivity contribution < 1.29 is 17.6 Å². The van der Waals surface area contributed by atoms with E-state index in [0.717, 1.165) is 17.3 Å². The van der Waals surface area contributed by atoms with Crippen molar-refractivity contribution in [3.05, 3.63) is 53.6 Å². The standard InChI is InChI=1S/C18H16ClN3O4S2/c1-2-28(24,25)15-9-7-14(8-10-15)20-16(23)11-27-18-22-21-17(26-18)12-3-5-13(19)6-4-12/h3-10H,2,11H2,1H3,(H,20,23). The van der Waals surface area contributed by atoms with Gasteiger partial charge in [-0.15, -0.1) is 10.2 Å². The van der Waals surface area contributed by atoms with Crippen LogP contribution in [0.1, 0.15) is 6.92 Å². The van der Waals surface area contributed by atoms with Crippen LogP contribution in [0.4, 0.5) is 5.69 Å². The lowest BCUT2D eigenvalue weighted by Gasteiger charge is -2.06. The summed E-state index contributed by atoms with van der Waals surface area (Å²) in [7, 11) is -3.26. The second-order valence-electron chi connectivity index (χ2n) is 5.64. The van der Waals surface area contributed by atoms with Gasteiger partial charge in [0.05, 0.1) is 16.4 Å². The molecule has 0 saturated heterocycles. The summed E-state index contributed by atoms with van der Waals surface area (Å²) in [5.41, 5.74) is 1.24. The van der Waals surface area contributed by atoms with Gasteiger partial charge in [-0.25, -0.2) is 8.42 Å². The van der Waals surface area contributed by atoms with Crippen molar-refractivity contribution in [3.63, 3.8) is 0 Å². The highest BCUT2D eigenvalue weighted by Crippen LogP contribution is 2.24. The smallest absolute Gasteiger partial charge is 0.277 e. The van der Waals surface area contributed by atoms with Crippen molar-refractivity contribution in [1.29, 1.82) is 0 Å². The number of amides is 1. The average Bonchev–Trinajstić information content (AvgIpc) is 3.16. The summed E-state index contributed by atoms with van der Waals surface area (Å²) < 4.78 is 29.1. The Bertz CT molecular complexity index is 1060. The monoisotopic (exact) mass is 437 g/mol. The van der Waals surface area contributed by atoms with Gasteiger partial charge < -0.3 is 9.73 Å². The zero-order valence-corrected chi connectivity index (χ0v) is 17.1. The first-order chi connectivity index (χ1) is 13.4. The number of hydrogen-bond donors (Lipinski definition) is 1. The van der Waals surface area contributed by atoms with E-state index in [2.05, 4.69) is 15.5 Å². The highest BCUT2D eigenvalue weighted by atomic mass is 35.5. The number of benzene rings is 2. The second kappa shape index (κ2) is 8.76. The van der Waals surface area contributed by atoms with Crippen molar-refractivity contribution in [3.8, 4) is 11.5 Å². The molecule has 0 bridgehead atoms. The van der Waals surface area contributed by atoms with Gasteiger partial charge in [-0.2, -0.15) is 0 Å². The second-order valence-corrected chi connectivity index (χ2v) is 9.29. The molecule has 1 heterocycles. The van der Waals surface area contributed by atoms with Crippen molar-refractivity contribution >= 4 is 44.8 Å². The Morgan fingerprint density at radius 1 is 1.11 bits per heavy atom. The molecule has 0 radical (unpaired) electrons. The first kappa shape index (κ1) is 20.4. The van der Waals surface area contributed by atoms with Gasteiger partial charge in [0.25, 0.3) is 5.22 Å². The molecule has 3 aromatic rings. The number of halogens is 1. The molecule has 0 aliphatic carbocycles. The summed E-state index contributed by atoms with van der Waals surface area (Å²) in [6.07, 6.45) is 0. The predicted molar refractivity (Wildman–Crippen MR) is 108 cm³/mol. The Morgan fingerprint density at radius 2 is 1.79 bits per heavy atom. The molecule has 0 saturated carbocycles. The molecule has 0 atom stereocenters. The van der Waals surface area contributed by atoms with E-state index < -0.39 is 9.84 Å². The lowest BCUT2D eigenvalue weighted by Crippen LogP contribution is -2.14. The summed E-state index contributed by atoms with van der Waals surface area (Å²) in [6, 6.07) is 13.0. The molecule has 0 fully saturated rings. The maximum atomic E-state index is 12.1. The SMILES string of the molecule is CCS(=O)(=O)c1ccc(NC(=O)CSc2nnc(-c3ccc(Cl)cc3)o2)cc1. The third kappa shape index (κ3) is 5.12. The van der Waals surface area contributed by atoms with Gasteiger partial charge in [0.1, 0.15) is 0 Å². The molecule has 0 spiro atoms. The minimum atomic E-state index is -3.26. The zero-order chi connectivity index (χ0) is 20.1. The van der Waals surface area contributed by atoms with Crippen LogP contribution in [-0.2, 0) is 14.6 Å². The van der Waals surface area contributed by atoms with E-state index in [1.54, 1.807) is 43.3 Å². The fraction of sp³-hybridized carbons (Fsp3) is 0.167. The molecule has 10 heteroatoms. The number of rotatable bonds is 7. The van der Waals surface area contributed by atoms with E-state index in [0.29, 0.717) is 16.6 Å². The third-order valence-electron chi connectivity index (χ3n) is 3.70. The number of nitrogens with zero attached hydrogens (tertiary/aromatic N) is 2. The van der Waals surface area contributed by atoms with Crippen molar-refractivity contribution in [1.82, 2.24) is 10.2 Å². The van der Waals surface area contributed by atoms with E-state index in [1.165, 1.54) is 12.1 Å². The minimum absolute atomic E-state index is 0.0253. The molecule has 2 aromatic carbocycles. The molecule has 28 heavy (non-hydrogen) atoms. The number of carbonyl (C=O) groups is 1. The van der Waals surface area contributed by atoms with Crippen LogP contribution in [0.25, 0.3) is 11.5 Å². The molecule has 146 valence electrons. The number of nitrogens with one attached hydrogen (secondary N) is 1. The molecule has 0 aliphatic rings. The normalized spacial score (nSPS) is 11.4. The minimum Gasteiger partial charge on any atom is -0.411 e. The summed E-state index contributed by atoms with van der Waals surface area (Å²) in [4.78, 5) is 12.3. The van der Waals surface area contributed by atoms with Crippen LogP contribution >= 0.6 is 23.4 Å². The van der Waals surface area contributed by atoms with Crippen molar-refractivity contribution in [2.75, 3.05) is 16.8 Å². The maximum absolute atomic E-state index is 12.1. The van der Waals surface area contributed by atoms with Crippen molar-refractivity contribution in [2.24, 2.45) is 0 Å². The summed E-state index contributed by atoms with van der Waals surface area (Å²) in [5.74, 6) is 0.157. The fourth-order valence-corrected chi connectivity index (χ4v) is 3.79. The molecule has 0 unspecified atom stereocenters. The summed E-state index contributed by atoms with van der Waals surface area (Å²) >= 11 is 6.95. The third-order valence-corrected chi connectivity index (χ3v) is 6.52. The Hall–Kier alpha value is -2.36. The highest BCUT2D eigenvalue weighted by Gasteiger charge is 2.13. The first-order valence-electron chi connectivity index (χ1n) is 8.22. The quantitative estimate of drug-likeness (QED) is 0.559. The van der Waals surface area contributed by atoms with E-state index in [4.69, 9.17) is 16.0 Å². The lowest BCUT2D eigenvalue weighted by atomic mass is 10.2. The predicted octanol–water partition coefficient (Wildman–Crippen LogP) is 3.91. The number of carbonyl (C=O) groups excluding carboxylic acids is 1. The molecule has 1 N–H and O–H groups in total. The van der Waals surface area contributed by atoms with Gasteiger partial charge in [0, 0.05) is 16.3 Å². The molecule has 7 nitrogen and oxygen atoms in total. The highest BCUT2D eigenvalue weighted by molar-refractivity contribution is 7.99. The van der Waals surface area contributed by atoms with Gasteiger partial charge in [0.2, 0.25) is 11.8 Å². The Morgan fingerprint density at radius 3 is 2.43 bits per heavy atom. The largest absolute Gasteiger partial charge is 0.411 e. The van der Waals surface area contributed by atoms with E-state index in [9.17, 15) is 13.2 Å². The average molecular weight is 438 g/mol. The number of thioether (sulfide) groups is 1. The molecular weight excluding hydrogens is 422 g/mol. The first-order valence-corrected chi connectivity index (χ1v) is 11.2. The van der Waals surface area contributed by atoms with Crippen LogP contribution in [0.15, 0.2) is 63.1 Å². The van der Waals surface area contributed by atoms with E-state index in [1.807, 2.05) is 0 Å². The fourth-order valence-electron chi connectivity index (χ4n) is 2.21. The molecular formula is C18H16ClN3O4S2. The van der Waals surface area contributed by atoms with E-state index in [-0.39, 0.29) is 27.5 Å². The summed E-state index contributed by atoms with van der Waals surface area (Å²) in [6.45, 7) is 1.58. The van der Waals surface area contributed by atoms with Crippen LogP contribution in [0.2, 0.25) is 5.02 Å². The summed E-state index contributed by atoms with van der Waals surface area (Å²) in [5, 5.41) is 11.4. The van der Waals surface area contributed by atoms with Crippen LogP contribution < -0.4 is 5.32 Å². The molecule has 3 rings (SSSR count). The van der Waals surface area contributed by atoms with Gasteiger partial charge in [-0.05, 0) is 48.5 Å². The molecule has 0 aliphatic heterocycles. The zero-order valence-electron chi connectivity index (χ0n) is 14.8. The maximum Gasteiger partial charge on any atom is 0.277 e. The van der Waals surface area contributed by atoms with Crippen LogP contribution in [0.5, 0.6) is 0 Å². The Labute approximate surface area is 171 Å². The van der Waals surface area contributed by atoms with Crippen LogP contribution in [-0.4, -0.2) is 36.0 Å². The van der Waals surface area contributed by atoms with Crippen LogP contribution in [0, 0.1) is 0 Å². The van der Waals surface area contributed by atoms with Gasteiger partial charge in [-0.1, -0.05) is 30.3 Å². The number of anilines is 1. The van der Waals surface area contributed by atoms with Gasteiger partial charge in [-0.3, -0.25) is 4.79 Å². The lowest BCUT2D eigenvalue weighted by molar-refractivity contribution is -0.113. The van der Waals surface area contributed by atoms with E-state index >= 15 is 0 Å². The van der Waals surface area contributed by atoms with Crippen LogP contribution in [0.3, 0.4) is 0 Å². The number of aromatic nitrogens is 2. The molecule has 1 amide bonds. The number of sulfone groups is 1. The number of hydrogen-bond acceptors (Lipinski definition) is 7. The Balaban J connectivity index is 1.55. The topological polar surface area (TPSA) is 102 Å².